The number of halogens is 3. The van der Waals surface area contributed by atoms with Crippen molar-refractivity contribution >= 4 is 52.5 Å². The summed E-state index contributed by atoms with van der Waals surface area (Å²) < 4.78 is 1.04. The molecule has 0 bridgehead atoms. The van der Waals surface area contributed by atoms with Crippen molar-refractivity contribution in [3.63, 3.8) is 0 Å². The predicted molar refractivity (Wildman–Crippen MR) is 84.8 cm³/mol. The number of benzene rings is 1. The number of nitrogens with zero attached hydrogens (tertiary/aromatic N) is 1. The maximum Gasteiger partial charge on any atom is 0.255 e. The largest absolute Gasteiger partial charge is 0.337 e. The van der Waals surface area contributed by atoms with E-state index in [1.54, 1.807) is 11.0 Å². The fourth-order valence-electron chi connectivity index (χ4n) is 1.99. The Hall–Kier alpha value is -0.0400. The zero-order valence-electron chi connectivity index (χ0n) is 9.95. The summed E-state index contributed by atoms with van der Waals surface area (Å²) >= 11 is 8.29. The SMILES string of the molecule is CN(C(=O)c1ccc(I)cc1Cl)C1CCNC1.Cl. The molecular weight excluding hydrogens is 386 g/mol. The lowest BCUT2D eigenvalue weighted by Crippen LogP contribution is -2.38. The molecule has 0 aliphatic carbocycles. The molecule has 0 radical (unpaired) electrons. The van der Waals surface area contributed by atoms with Gasteiger partial charge in [0, 0.05) is 23.2 Å². The van der Waals surface area contributed by atoms with Crippen LogP contribution in [0.3, 0.4) is 0 Å². The summed E-state index contributed by atoms with van der Waals surface area (Å²) in [6.45, 7) is 1.84. The van der Waals surface area contributed by atoms with Gasteiger partial charge in [-0.3, -0.25) is 4.79 Å². The first-order valence-corrected chi connectivity index (χ1v) is 6.98. The van der Waals surface area contributed by atoms with Crippen LogP contribution < -0.4 is 5.32 Å². The molecule has 1 heterocycles. The summed E-state index contributed by atoms with van der Waals surface area (Å²) in [6, 6.07) is 5.79. The molecule has 0 spiro atoms. The van der Waals surface area contributed by atoms with Gasteiger partial charge in [0.25, 0.3) is 5.91 Å². The first kappa shape index (κ1) is 16.0. The van der Waals surface area contributed by atoms with E-state index in [0.717, 1.165) is 23.1 Å². The molecule has 1 aromatic carbocycles. The highest BCUT2D eigenvalue weighted by molar-refractivity contribution is 14.1. The normalized spacial score (nSPS) is 18.3. The predicted octanol–water partition coefficient (Wildman–Crippen LogP) is 2.80. The van der Waals surface area contributed by atoms with Crippen LogP contribution in [-0.2, 0) is 0 Å². The van der Waals surface area contributed by atoms with Crippen molar-refractivity contribution in [1.29, 1.82) is 0 Å². The molecule has 1 aliphatic heterocycles. The Balaban J connectivity index is 0.00000162. The van der Waals surface area contributed by atoms with Crippen LogP contribution in [0.5, 0.6) is 0 Å². The van der Waals surface area contributed by atoms with E-state index in [1.807, 2.05) is 19.2 Å². The number of hydrogen-bond donors (Lipinski definition) is 1. The summed E-state index contributed by atoms with van der Waals surface area (Å²) in [4.78, 5) is 14.1. The summed E-state index contributed by atoms with van der Waals surface area (Å²) in [5.74, 6) is 0.0000926. The third kappa shape index (κ3) is 3.50. The Kier molecular flexibility index (Phi) is 6.17. The number of likely N-dealkylation sites (N-methyl/N-ethyl adjacent to an activating group) is 1. The van der Waals surface area contributed by atoms with Gasteiger partial charge in [-0.1, -0.05) is 11.6 Å². The van der Waals surface area contributed by atoms with Gasteiger partial charge in [0.15, 0.2) is 0 Å². The van der Waals surface area contributed by atoms with Crippen LogP contribution in [0.1, 0.15) is 16.8 Å². The van der Waals surface area contributed by atoms with Gasteiger partial charge in [0.2, 0.25) is 0 Å². The number of amides is 1. The van der Waals surface area contributed by atoms with Crippen molar-refractivity contribution in [3.8, 4) is 0 Å². The van der Waals surface area contributed by atoms with E-state index in [0.29, 0.717) is 10.6 Å². The minimum Gasteiger partial charge on any atom is -0.337 e. The van der Waals surface area contributed by atoms with Crippen molar-refractivity contribution in [2.45, 2.75) is 12.5 Å². The van der Waals surface area contributed by atoms with Crippen LogP contribution in [0, 0.1) is 3.57 Å². The number of carbonyl (C=O) groups is 1. The molecule has 0 saturated carbocycles. The summed E-state index contributed by atoms with van der Waals surface area (Å²) in [5.41, 5.74) is 0.585. The van der Waals surface area contributed by atoms with Crippen molar-refractivity contribution in [3.05, 3.63) is 32.4 Å². The lowest BCUT2D eigenvalue weighted by atomic mass is 10.1. The number of hydrogen-bond acceptors (Lipinski definition) is 2. The van der Waals surface area contributed by atoms with Gasteiger partial charge in [-0.15, -0.1) is 12.4 Å². The quantitative estimate of drug-likeness (QED) is 0.774. The highest BCUT2D eigenvalue weighted by atomic mass is 127. The molecule has 1 saturated heterocycles. The minimum atomic E-state index is 0. The van der Waals surface area contributed by atoms with Crippen molar-refractivity contribution in [2.24, 2.45) is 0 Å². The Labute approximate surface area is 132 Å². The first-order valence-electron chi connectivity index (χ1n) is 5.52. The van der Waals surface area contributed by atoms with Gasteiger partial charge in [-0.2, -0.15) is 0 Å². The molecule has 3 nitrogen and oxygen atoms in total. The van der Waals surface area contributed by atoms with Gasteiger partial charge in [0.1, 0.15) is 0 Å². The second-order valence-electron chi connectivity index (χ2n) is 4.19. The number of nitrogens with one attached hydrogen (secondary N) is 1. The molecule has 1 amide bonds. The van der Waals surface area contributed by atoms with Gasteiger partial charge in [-0.25, -0.2) is 0 Å². The zero-order chi connectivity index (χ0) is 12.4. The van der Waals surface area contributed by atoms with E-state index >= 15 is 0 Å². The Morgan fingerprint density at radius 3 is 2.83 bits per heavy atom. The van der Waals surface area contributed by atoms with Crippen molar-refractivity contribution in [2.75, 3.05) is 20.1 Å². The molecule has 6 heteroatoms. The fourth-order valence-corrected chi connectivity index (χ4v) is 2.93. The van der Waals surface area contributed by atoms with Gasteiger partial charge >= 0.3 is 0 Å². The average molecular weight is 401 g/mol. The monoisotopic (exact) mass is 400 g/mol. The lowest BCUT2D eigenvalue weighted by molar-refractivity contribution is 0.0744. The molecule has 1 unspecified atom stereocenters. The Morgan fingerprint density at radius 2 is 2.28 bits per heavy atom. The summed E-state index contributed by atoms with van der Waals surface area (Å²) in [6.07, 6.45) is 1.00. The van der Waals surface area contributed by atoms with E-state index in [2.05, 4.69) is 27.9 Å². The van der Waals surface area contributed by atoms with Gasteiger partial charge in [-0.05, 0) is 53.8 Å². The molecule has 1 atom stereocenters. The first-order chi connectivity index (χ1) is 8.09. The van der Waals surface area contributed by atoms with Crippen LogP contribution in [0.2, 0.25) is 5.02 Å². The smallest absolute Gasteiger partial charge is 0.255 e. The van der Waals surface area contributed by atoms with Crippen LogP contribution in [0.4, 0.5) is 0 Å². The standard InChI is InChI=1S/C12H14ClIN2O.ClH/c1-16(9-4-5-15-7-9)12(17)10-3-2-8(14)6-11(10)13;/h2-3,6,9,15H,4-5,7H2,1H3;1H. The maximum absolute atomic E-state index is 12.3. The van der Waals surface area contributed by atoms with Crippen LogP contribution in [0.25, 0.3) is 0 Å². The third-order valence-electron chi connectivity index (χ3n) is 3.06. The van der Waals surface area contributed by atoms with E-state index in [9.17, 15) is 4.79 Å². The molecule has 100 valence electrons. The summed E-state index contributed by atoms with van der Waals surface area (Å²) in [7, 11) is 1.84. The Bertz CT molecular complexity index is 436. The Morgan fingerprint density at radius 1 is 1.56 bits per heavy atom. The molecule has 1 N–H and O–H groups in total. The maximum atomic E-state index is 12.3. The van der Waals surface area contributed by atoms with E-state index < -0.39 is 0 Å². The van der Waals surface area contributed by atoms with E-state index in [-0.39, 0.29) is 24.4 Å². The molecule has 0 aromatic heterocycles. The van der Waals surface area contributed by atoms with Crippen LogP contribution in [0.15, 0.2) is 18.2 Å². The number of rotatable bonds is 2. The van der Waals surface area contributed by atoms with Gasteiger partial charge < -0.3 is 10.2 Å². The van der Waals surface area contributed by atoms with Crippen molar-refractivity contribution in [1.82, 2.24) is 10.2 Å². The minimum absolute atomic E-state index is 0. The molecule has 2 rings (SSSR count). The van der Waals surface area contributed by atoms with Crippen molar-refractivity contribution < 1.29 is 4.79 Å². The van der Waals surface area contributed by atoms with Crippen LogP contribution >= 0.6 is 46.6 Å². The van der Waals surface area contributed by atoms with Gasteiger partial charge in [0.05, 0.1) is 10.6 Å². The molecule has 1 aromatic rings. The average Bonchev–Trinajstić information content (AvgIpc) is 2.80. The highest BCUT2D eigenvalue weighted by Crippen LogP contribution is 2.21. The second-order valence-corrected chi connectivity index (χ2v) is 5.84. The zero-order valence-corrected chi connectivity index (χ0v) is 13.7. The molecule has 1 aliphatic rings. The fraction of sp³-hybridized carbons (Fsp3) is 0.417. The lowest BCUT2D eigenvalue weighted by Gasteiger charge is -2.24. The molecule has 1 fully saturated rings. The van der Waals surface area contributed by atoms with E-state index in [4.69, 9.17) is 11.6 Å². The van der Waals surface area contributed by atoms with E-state index in [1.165, 1.54) is 0 Å². The highest BCUT2D eigenvalue weighted by Gasteiger charge is 2.25. The summed E-state index contributed by atoms with van der Waals surface area (Å²) in [5, 5.41) is 3.78. The number of carbonyl (C=O) groups excluding carboxylic acids is 1. The third-order valence-corrected chi connectivity index (χ3v) is 4.05. The second kappa shape index (κ2) is 6.93. The molecule has 18 heavy (non-hydrogen) atoms. The molecular formula is C12H15Cl2IN2O. The van der Waals surface area contributed by atoms with Crippen LogP contribution in [-0.4, -0.2) is 37.0 Å². The topological polar surface area (TPSA) is 32.3 Å².